The van der Waals surface area contributed by atoms with Crippen molar-refractivity contribution in [1.82, 2.24) is 0 Å². The Kier molecular flexibility index (Phi) is 5.24. The van der Waals surface area contributed by atoms with Gasteiger partial charge < -0.3 is 5.32 Å². The first-order valence-electron chi connectivity index (χ1n) is 6.52. The van der Waals surface area contributed by atoms with Crippen molar-refractivity contribution in [1.29, 1.82) is 0 Å². The molecule has 3 heteroatoms. The van der Waals surface area contributed by atoms with Crippen molar-refractivity contribution < 1.29 is 4.39 Å². The van der Waals surface area contributed by atoms with Crippen LogP contribution in [0.2, 0.25) is 0 Å². The normalized spacial score (nSPS) is 10.3. The maximum Gasteiger partial charge on any atom is 0.126 e. The van der Waals surface area contributed by atoms with Gasteiger partial charge in [-0.3, -0.25) is 0 Å². The van der Waals surface area contributed by atoms with Crippen LogP contribution >= 0.6 is 11.8 Å². The van der Waals surface area contributed by atoms with Gasteiger partial charge in [0, 0.05) is 22.9 Å². The summed E-state index contributed by atoms with van der Waals surface area (Å²) in [6, 6.07) is 13.4. The average molecular weight is 287 g/mol. The van der Waals surface area contributed by atoms with Gasteiger partial charge in [-0.25, -0.2) is 4.39 Å². The van der Waals surface area contributed by atoms with E-state index in [2.05, 4.69) is 24.0 Å². The first-order valence-corrected chi connectivity index (χ1v) is 7.51. The predicted molar refractivity (Wildman–Crippen MR) is 85.8 cm³/mol. The van der Waals surface area contributed by atoms with E-state index in [0.717, 1.165) is 17.0 Å². The highest BCUT2D eigenvalue weighted by atomic mass is 32.2. The van der Waals surface area contributed by atoms with Gasteiger partial charge in [0.05, 0.1) is 0 Å². The third-order valence-corrected chi connectivity index (χ3v) is 4.02. The second-order valence-electron chi connectivity index (χ2n) is 4.53. The summed E-state index contributed by atoms with van der Waals surface area (Å²) in [6.07, 6.45) is 1.89. The second-order valence-corrected chi connectivity index (χ2v) is 5.59. The van der Waals surface area contributed by atoms with Crippen LogP contribution in [0.5, 0.6) is 0 Å². The number of aryl methyl sites for hydroxylation is 1. The minimum absolute atomic E-state index is 0.157. The molecule has 0 saturated heterocycles. The van der Waals surface area contributed by atoms with Crippen molar-refractivity contribution in [2.75, 3.05) is 11.1 Å². The molecule has 0 radical (unpaired) electrons. The highest BCUT2D eigenvalue weighted by Gasteiger charge is 2.03. The van der Waals surface area contributed by atoms with Crippen LogP contribution in [0.1, 0.15) is 11.1 Å². The number of para-hydroxylation sites is 1. The number of thioether (sulfide) groups is 1. The standard InChI is InChI=1S/C17H18FNS/c1-3-10-20-17-7-5-4-6-16(17)19-12-14-8-9-15(18)13(2)11-14/h3-9,11,19H,1,10,12H2,2H3. The summed E-state index contributed by atoms with van der Waals surface area (Å²) in [5.41, 5.74) is 2.85. The van der Waals surface area contributed by atoms with Gasteiger partial charge >= 0.3 is 0 Å². The quantitative estimate of drug-likeness (QED) is 0.591. The van der Waals surface area contributed by atoms with Gasteiger partial charge in [0.2, 0.25) is 0 Å². The molecule has 0 spiro atoms. The first-order chi connectivity index (χ1) is 9.70. The van der Waals surface area contributed by atoms with E-state index in [1.54, 1.807) is 18.7 Å². The van der Waals surface area contributed by atoms with E-state index >= 15 is 0 Å². The van der Waals surface area contributed by atoms with Gasteiger partial charge in [-0.05, 0) is 36.2 Å². The summed E-state index contributed by atoms with van der Waals surface area (Å²) in [5, 5.41) is 3.41. The largest absolute Gasteiger partial charge is 0.380 e. The van der Waals surface area contributed by atoms with Crippen molar-refractivity contribution in [3.8, 4) is 0 Å². The molecule has 0 aliphatic carbocycles. The molecule has 0 aliphatic heterocycles. The Bertz CT molecular complexity index is 595. The van der Waals surface area contributed by atoms with Crippen LogP contribution in [0.4, 0.5) is 10.1 Å². The fraction of sp³-hybridized carbons (Fsp3) is 0.176. The van der Waals surface area contributed by atoms with Crippen molar-refractivity contribution in [2.45, 2.75) is 18.4 Å². The number of nitrogens with one attached hydrogen (secondary N) is 1. The van der Waals surface area contributed by atoms with Crippen LogP contribution in [-0.4, -0.2) is 5.75 Å². The number of rotatable bonds is 6. The number of benzene rings is 2. The number of hydrogen-bond acceptors (Lipinski definition) is 2. The third-order valence-electron chi connectivity index (χ3n) is 2.95. The molecule has 0 bridgehead atoms. The summed E-state index contributed by atoms with van der Waals surface area (Å²) in [6.45, 7) is 6.21. The maximum atomic E-state index is 13.2. The fourth-order valence-corrected chi connectivity index (χ4v) is 2.67. The molecule has 0 heterocycles. The molecule has 20 heavy (non-hydrogen) atoms. The molecule has 0 unspecified atom stereocenters. The van der Waals surface area contributed by atoms with E-state index in [9.17, 15) is 4.39 Å². The zero-order valence-electron chi connectivity index (χ0n) is 11.5. The van der Waals surface area contributed by atoms with Gasteiger partial charge in [-0.2, -0.15) is 0 Å². The van der Waals surface area contributed by atoms with Crippen molar-refractivity contribution in [2.24, 2.45) is 0 Å². The summed E-state index contributed by atoms with van der Waals surface area (Å²) in [5.74, 6) is 0.727. The smallest absolute Gasteiger partial charge is 0.126 e. The highest BCUT2D eigenvalue weighted by molar-refractivity contribution is 7.99. The fourth-order valence-electron chi connectivity index (χ4n) is 1.90. The summed E-state index contributed by atoms with van der Waals surface area (Å²) in [7, 11) is 0. The molecule has 0 amide bonds. The molecule has 0 aromatic heterocycles. The Labute approximate surface area is 123 Å². The molecule has 104 valence electrons. The van der Waals surface area contributed by atoms with Crippen molar-refractivity contribution in [3.63, 3.8) is 0 Å². The molecule has 1 nitrogen and oxygen atoms in total. The molecule has 0 aliphatic rings. The molecule has 2 aromatic carbocycles. The van der Waals surface area contributed by atoms with Crippen LogP contribution in [0.25, 0.3) is 0 Å². The second kappa shape index (κ2) is 7.15. The lowest BCUT2D eigenvalue weighted by Gasteiger charge is -2.11. The van der Waals surface area contributed by atoms with E-state index in [1.165, 1.54) is 11.0 Å². The molecule has 2 aromatic rings. The van der Waals surface area contributed by atoms with Crippen molar-refractivity contribution >= 4 is 17.4 Å². The van der Waals surface area contributed by atoms with Crippen LogP contribution in [-0.2, 0) is 6.54 Å². The summed E-state index contributed by atoms with van der Waals surface area (Å²) >= 11 is 1.75. The van der Waals surface area contributed by atoms with Gasteiger partial charge in [-0.1, -0.05) is 30.3 Å². The van der Waals surface area contributed by atoms with Gasteiger partial charge in [0.15, 0.2) is 0 Å². The third kappa shape index (κ3) is 3.87. The monoisotopic (exact) mass is 287 g/mol. The molecule has 0 atom stereocenters. The Balaban J connectivity index is 2.06. The van der Waals surface area contributed by atoms with Gasteiger partial charge in [0.1, 0.15) is 5.82 Å². The predicted octanol–water partition coefficient (Wildman–Crippen LogP) is 5.02. The lowest BCUT2D eigenvalue weighted by atomic mass is 10.1. The maximum absolute atomic E-state index is 13.2. The van der Waals surface area contributed by atoms with E-state index < -0.39 is 0 Å². The van der Waals surface area contributed by atoms with Gasteiger partial charge in [-0.15, -0.1) is 18.3 Å². The number of hydrogen-bond donors (Lipinski definition) is 1. The van der Waals surface area contributed by atoms with Crippen LogP contribution < -0.4 is 5.32 Å². The Morgan fingerprint density at radius 1 is 1.25 bits per heavy atom. The Morgan fingerprint density at radius 2 is 2.05 bits per heavy atom. The molecular formula is C17H18FNS. The number of halogens is 1. The van der Waals surface area contributed by atoms with Crippen LogP contribution in [0, 0.1) is 12.7 Å². The molecule has 2 rings (SSSR count). The van der Waals surface area contributed by atoms with E-state index in [1.807, 2.05) is 30.3 Å². The minimum Gasteiger partial charge on any atom is -0.380 e. The lowest BCUT2D eigenvalue weighted by Crippen LogP contribution is -2.01. The van der Waals surface area contributed by atoms with Gasteiger partial charge in [0.25, 0.3) is 0 Å². The minimum atomic E-state index is -0.157. The number of anilines is 1. The molecule has 0 saturated carbocycles. The Morgan fingerprint density at radius 3 is 2.80 bits per heavy atom. The summed E-state index contributed by atoms with van der Waals surface area (Å²) in [4.78, 5) is 1.20. The summed E-state index contributed by atoms with van der Waals surface area (Å²) < 4.78 is 13.2. The molecule has 0 fully saturated rings. The van der Waals surface area contributed by atoms with Crippen LogP contribution in [0.15, 0.2) is 60.0 Å². The van der Waals surface area contributed by atoms with E-state index in [4.69, 9.17) is 0 Å². The zero-order chi connectivity index (χ0) is 14.4. The van der Waals surface area contributed by atoms with Crippen LogP contribution in [0.3, 0.4) is 0 Å². The lowest BCUT2D eigenvalue weighted by molar-refractivity contribution is 0.617. The van der Waals surface area contributed by atoms with E-state index in [-0.39, 0.29) is 5.82 Å². The van der Waals surface area contributed by atoms with Crippen molar-refractivity contribution in [3.05, 3.63) is 72.1 Å². The molecule has 1 N–H and O–H groups in total. The topological polar surface area (TPSA) is 12.0 Å². The zero-order valence-corrected chi connectivity index (χ0v) is 12.3. The average Bonchev–Trinajstić information content (AvgIpc) is 2.47. The first kappa shape index (κ1) is 14.7. The SMILES string of the molecule is C=CCSc1ccccc1NCc1ccc(F)c(C)c1. The molecular weight excluding hydrogens is 269 g/mol. The highest BCUT2D eigenvalue weighted by Crippen LogP contribution is 2.27. The van der Waals surface area contributed by atoms with E-state index in [0.29, 0.717) is 12.1 Å². The Hall–Kier alpha value is -1.74.